The summed E-state index contributed by atoms with van der Waals surface area (Å²) in [4.78, 5) is 35.3. The molecule has 0 aromatic heterocycles. The Morgan fingerprint density at radius 2 is 1.04 bits per heavy atom. The predicted octanol–water partition coefficient (Wildman–Crippen LogP) is 11.6. The van der Waals surface area contributed by atoms with Crippen molar-refractivity contribution in [3.05, 3.63) is 24.3 Å². The summed E-state index contributed by atoms with van der Waals surface area (Å²) in [6, 6.07) is 0. The fourth-order valence-corrected chi connectivity index (χ4v) is 6.37. The van der Waals surface area contributed by atoms with Gasteiger partial charge in [-0.2, -0.15) is 0 Å². The molecule has 0 radical (unpaired) electrons. The summed E-state index contributed by atoms with van der Waals surface area (Å²) in [5.74, 6) is -0.810. The zero-order valence-electron chi connectivity index (χ0n) is 34.3. The zero-order valence-corrected chi connectivity index (χ0v) is 35.2. The highest BCUT2D eigenvalue weighted by molar-refractivity contribution is 7.47. The van der Waals surface area contributed by atoms with Gasteiger partial charge >= 0.3 is 19.8 Å². The van der Waals surface area contributed by atoms with Gasteiger partial charge in [0.1, 0.15) is 19.8 Å². The minimum absolute atomic E-state index is 0.0311. The van der Waals surface area contributed by atoms with Crippen molar-refractivity contribution in [2.75, 3.05) is 47.5 Å². The molecule has 0 aliphatic heterocycles. The van der Waals surface area contributed by atoms with Crippen LogP contribution in [0.4, 0.5) is 0 Å². The molecule has 2 atom stereocenters. The third kappa shape index (κ3) is 38.2. The zero-order chi connectivity index (χ0) is 38.6. The van der Waals surface area contributed by atoms with E-state index >= 15 is 0 Å². The first-order valence-corrected chi connectivity index (χ1v) is 22.6. The Hall–Kier alpha value is -1.51. The molecule has 9 nitrogen and oxygen atoms in total. The quantitative estimate of drug-likeness (QED) is 0.0218. The number of ether oxygens (including phenoxy) is 2. The van der Waals surface area contributed by atoms with Gasteiger partial charge in [-0.15, -0.1) is 0 Å². The van der Waals surface area contributed by atoms with Crippen molar-refractivity contribution in [2.45, 2.75) is 187 Å². The number of hydrogen-bond donors (Lipinski definition) is 1. The molecular weight excluding hydrogens is 677 g/mol. The lowest BCUT2D eigenvalue weighted by atomic mass is 10.0. The van der Waals surface area contributed by atoms with Crippen molar-refractivity contribution in [1.82, 2.24) is 0 Å². The van der Waals surface area contributed by atoms with Gasteiger partial charge in [-0.3, -0.25) is 18.6 Å². The third-order valence-corrected chi connectivity index (χ3v) is 9.97. The average molecular weight is 759 g/mol. The number of hydrogen-bond acceptors (Lipinski definition) is 7. The van der Waals surface area contributed by atoms with Crippen LogP contribution in [-0.4, -0.2) is 74.9 Å². The monoisotopic (exact) mass is 759 g/mol. The molecule has 0 spiro atoms. The molecule has 0 saturated heterocycles. The Balaban J connectivity index is 4.40. The molecule has 0 heterocycles. The van der Waals surface area contributed by atoms with Gasteiger partial charge < -0.3 is 18.9 Å². The molecule has 0 aliphatic carbocycles. The highest BCUT2D eigenvalue weighted by Gasteiger charge is 2.27. The topological polar surface area (TPSA) is 108 Å². The first kappa shape index (κ1) is 50.5. The van der Waals surface area contributed by atoms with Crippen molar-refractivity contribution in [2.24, 2.45) is 0 Å². The van der Waals surface area contributed by atoms with E-state index in [9.17, 15) is 19.0 Å². The van der Waals surface area contributed by atoms with E-state index in [1.54, 1.807) is 0 Å². The van der Waals surface area contributed by atoms with E-state index in [0.717, 1.165) is 57.8 Å². The standard InChI is InChI=1S/C42H80NO8P/c1-6-8-10-12-14-16-18-20-21-23-24-26-28-30-32-34-41(44)48-38-40(39-50-52(46,47)49-37-36-43(3,4)5)51-42(45)35-33-31-29-27-25-22-19-17-15-13-11-9-7-2/h14,16,20-21,40H,6-13,15,17-19,22-39H2,1-5H3/p+1/b16-14-,21-20+/t40-/m1/s1. The van der Waals surface area contributed by atoms with Crippen LogP contribution in [-0.2, 0) is 32.7 Å². The fourth-order valence-electron chi connectivity index (χ4n) is 5.63. The Morgan fingerprint density at radius 3 is 1.56 bits per heavy atom. The summed E-state index contributed by atoms with van der Waals surface area (Å²) in [7, 11) is 1.47. The molecule has 52 heavy (non-hydrogen) atoms. The van der Waals surface area contributed by atoms with E-state index in [-0.39, 0.29) is 32.0 Å². The van der Waals surface area contributed by atoms with Gasteiger partial charge in [0, 0.05) is 12.8 Å². The minimum Gasteiger partial charge on any atom is -0.462 e. The number of phosphoric acid groups is 1. The van der Waals surface area contributed by atoms with Crippen LogP contribution in [0.2, 0.25) is 0 Å². The maximum absolute atomic E-state index is 12.6. The minimum atomic E-state index is -4.37. The normalized spacial score (nSPS) is 13.9. The number of unbranched alkanes of at least 4 members (excludes halogenated alkanes) is 20. The number of esters is 2. The molecule has 1 unspecified atom stereocenters. The SMILES string of the molecule is CCCCC/C=C\C/C=C/CCCCCCCC(=O)OC[C@H](COP(=O)(O)OCC[N+](C)(C)C)OC(=O)CCCCCCCCCCCCCCC. The van der Waals surface area contributed by atoms with E-state index in [1.165, 1.54) is 89.9 Å². The van der Waals surface area contributed by atoms with Gasteiger partial charge in [0.25, 0.3) is 0 Å². The molecule has 0 rings (SSSR count). The molecule has 0 saturated carbocycles. The van der Waals surface area contributed by atoms with Crippen LogP contribution >= 0.6 is 7.82 Å². The number of nitrogens with zero attached hydrogens (tertiary/aromatic N) is 1. The summed E-state index contributed by atoms with van der Waals surface area (Å²) in [6.45, 7) is 4.38. The van der Waals surface area contributed by atoms with Crippen LogP contribution in [0.3, 0.4) is 0 Å². The largest absolute Gasteiger partial charge is 0.472 e. The van der Waals surface area contributed by atoms with Crippen LogP contribution in [0.15, 0.2) is 24.3 Å². The summed E-state index contributed by atoms with van der Waals surface area (Å²) in [5.41, 5.74) is 0. The second-order valence-electron chi connectivity index (χ2n) is 15.4. The van der Waals surface area contributed by atoms with E-state index in [1.807, 2.05) is 21.1 Å². The van der Waals surface area contributed by atoms with E-state index < -0.39 is 26.5 Å². The highest BCUT2D eigenvalue weighted by Crippen LogP contribution is 2.43. The lowest BCUT2D eigenvalue weighted by Gasteiger charge is -2.24. The number of quaternary nitrogens is 1. The Labute approximate surface area is 319 Å². The number of rotatable bonds is 38. The van der Waals surface area contributed by atoms with Crippen LogP contribution in [0.25, 0.3) is 0 Å². The highest BCUT2D eigenvalue weighted by atomic mass is 31.2. The molecule has 306 valence electrons. The number of carbonyl (C=O) groups excluding carboxylic acids is 2. The van der Waals surface area contributed by atoms with Gasteiger partial charge in [-0.25, -0.2) is 4.57 Å². The lowest BCUT2D eigenvalue weighted by molar-refractivity contribution is -0.870. The summed E-state index contributed by atoms with van der Waals surface area (Å²) in [5, 5.41) is 0. The van der Waals surface area contributed by atoms with Crippen molar-refractivity contribution < 1.29 is 42.1 Å². The Bertz CT molecular complexity index is 949. The molecule has 0 aromatic rings. The maximum atomic E-state index is 12.6. The molecule has 10 heteroatoms. The van der Waals surface area contributed by atoms with Gasteiger partial charge in [0.15, 0.2) is 6.10 Å². The molecule has 0 aliphatic rings. The van der Waals surface area contributed by atoms with Crippen molar-refractivity contribution >= 4 is 19.8 Å². The van der Waals surface area contributed by atoms with Crippen LogP contribution in [0.5, 0.6) is 0 Å². The van der Waals surface area contributed by atoms with Crippen LogP contribution < -0.4 is 0 Å². The van der Waals surface area contributed by atoms with Crippen LogP contribution in [0.1, 0.15) is 181 Å². The molecule has 0 amide bonds. The molecule has 0 aromatic carbocycles. The second-order valence-corrected chi connectivity index (χ2v) is 16.8. The van der Waals surface area contributed by atoms with Crippen LogP contribution in [0, 0.1) is 0 Å². The fraction of sp³-hybridized carbons (Fsp3) is 0.857. The van der Waals surface area contributed by atoms with Crippen molar-refractivity contribution in [3.63, 3.8) is 0 Å². The summed E-state index contributed by atoms with van der Waals surface area (Å²) >= 11 is 0. The summed E-state index contributed by atoms with van der Waals surface area (Å²) in [6.07, 6.45) is 36.4. The Kier molecular flexibility index (Phi) is 34.2. The van der Waals surface area contributed by atoms with Gasteiger partial charge in [0.05, 0.1) is 27.7 Å². The van der Waals surface area contributed by atoms with E-state index in [4.69, 9.17) is 18.5 Å². The predicted molar refractivity (Wildman–Crippen MR) is 215 cm³/mol. The number of phosphoric ester groups is 1. The first-order chi connectivity index (χ1) is 25.0. The molecule has 1 N–H and O–H groups in total. The molecule has 0 fully saturated rings. The molecule has 0 bridgehead atoms. The third-order valence-electron chi connectivity index (χ3n) is 8.98. The first-order valence-electron chi connectivity index (χ1n) is 21.1. The van der Waals surface area contributed by atoms with Gasteiger partial charge in [-0.05, 0) is 44.9 Å². The number of likely N-dealkylation sites (N-methyl/N-ethyl adjacent to an activating group) is 1. The maximum Gasteiger partial charge on any atom is 0.472 e. The second kappa shape index (κ2) is 35.2. The van der Waals surface area contributed by atoms with Gasteiger partial charge in [-0.1, -0.05) is 147 Å². The average Bonchev–Trinajstić information content (AvgIpc) is 3.09. The summed E-state index contributed by atoms with van der Waals surface area (Å²) < 4.78 is 34.2. The molecular formula is C42H81NO8P+. The van der Waals surface area contributed by atoms with Crippen molar-refractivity contribution in [1.29, 1.82) is 0 Å². The van der Waals surface area contributed by atoms with Crippen molar-refractivity contribution in [3.8, 4) is 0 Å². The number of allylic oxidation sites excluding steroid dienone is 4. The van der Waals surface area contributed by atoms with E-state index in [0.29, 0.717) is 17.4 Å². The smallest absolute Gasteiger partial charge is 0.462 e. The number of carbonyl (C=O) groups is 2. The van der Waals surface area contributed by atoms with Gasteiger partial charge in [0.2, 0.25) is 0 Å². The lowest BCUT2D eigenvalue weighted by Crippen LogP contribution is -2.37. The van der Waals surface area contributed by atoms with E-state index in [2.05, 4.69) is 38.2 Å². The Morgan fingerprint density at radius 1 is 0.596 bits per heavy atom.